The lowest BCUT2D eigenvalue weighted by molar-refractivity contribution is 0.259. The molecular formula is C16H19NO2S. The van der Waals surface area contributed by atoms with Gasteiger partial charge in [-0.3, -0.25) is 0 Å². The summed E-state index contributed by atoms with van der Waals surface area (Å²) in [5, 5.41) is 3.44. The Morgan fingerprint density at radius 1 is 1.20 bits per heavy atom. The number of hydrogen-bond acceptors (Lipinski definition) is 4. The highest BCUT2D eigenvalue weighted by Gasteiger charge is 2.20. The van der Waals surface area contributed by atoms with Crippen LogP contribution in [0.4, 0.5) is 0 Å². The maximum absolute atomic E-state index is 5.83. The van der Waals surface area contributed by atoms with Crippen molar-refractivity contribution >= 4 is 11.8 Å². The minimum atomic E-state index is 0.473. The van der Waals surface area contributed by atoms with Crippen molar-refractivity contribution in [2.75, 3.05) is 6.26 Å². The summed E-state index contributed by atoms with van der Waals surface area (Å²) in [6.07, 6.45) is 4.64. The largest absolute Gasteiger partial charge is 0.484 e. The SMILES string of the molecule is CSc1ccccc1OCc1ccc(CNC2CC2)o1. The Bertz CT molecular complexity index is 563. The molecule has 3 nitrogen and oxygen atoms in total. The van der Waals surface area contributed by atoms with Gasteiger partial charge < -0.3 is 14.5 Å². The lowest BCUT2D eigenvalue weighted by Gasteiger charge is -2.08. The van der Waals surface area contributed by atoms with Crippen LogP contribution in [0.15, 0.2) is 45.7 Å². The van der Waals surface area contributed by atoms with Gasteiger partial charge in [0.25, 0.3) is 0 Å². The van der Waals surface area contributed by atoms with Crippen LogP contribution in [0.5, 0.6) is 5.75 Å². The first-order valence-electron chi connectivity index (χ1n) is 6.92. The molecule has 1 heterocycles. The molecular weight excluding hydrogens is 270 g/mol. The van der Waals surface area contributed by atoms with Gasteiger partial charge in [0, 0.05) is 10.9 Å². The molecule has 0 aliphatic heterocycles. The van der Waals surface area contributed by atoms with E-state index in [-0.39, 0.29) is 0 Å². The maximum atomic E-state index is 5.83. The molecule has 1 aliphatic rings. The second-order valence-corrected chi connectivity index (χ2v) is 5.81. The summed E-state index contributed by atoms with van der Waals surface area (Å²) in [5.74, 6) is 2.76. The first-order valence-corrected chi connectivity index (χ1v) is 8.14. The quantitative estimate of drug-likeness (QED) is 0.786. The molecule has 0 radical (unpaired) electrons. The van der Waals surface area contributed by atoms with Gasteiger partial charge in [-0.05, 0) is 43.4 Å². The van der Waals surface area contributed by atoms with E-state index < -0.39 is 0 Å². The Kier molecular flexibility index (Phi) is 4.33. The summed E-state index contributed by atoms with van der Waals surface area (Å²) in [4.78, 5) is 1.15. The van der Waals surface area contributed by atoms with Gasteiger partial charge in [0.15, 0.2) is 0 Å². The van der Waals surface area contributed by atoms with Crippen molar-refractivity contribution in [1.82, 2.24) is 5.32 Å². The lowest BCUT2D eigenvalue weighted by Crippen LogP contribution is -2.14. The van der Waals surface area contributed by atoms with E-state index in [2.05, 4.69) is 17.6 Å². The molecule has 1 aromatic carbocycles. The molecule has 106 valence electrons. The fraction of sp³-hybridized carbons (Fsp3) is 0.375. The Morgan fingerprint density at radius 3 is 2.80 bits per heavy atom. The van der Waals surface area contributed by atoms with Crippen LogP contribution in [0.3, 0.4) is 0 Å². The molecule has 1 aliphatic carbocycles. The molecule has 20 heavy (non-hydrogen) atoms. The zero-order chi connectivity index (χ0) is 13.8. The standard InChI is InChI=1S/C16H19NO2S/c1-20-16-5-3-2-4-15(16)18-11-14-9-8-13(19-14)10-17-12-6-7-12/h2-5,8-9,12,17H,6-7,10-11H2,1H3. The minimum absolute atomic E-state index is 0.473. The Hall–Kier alpha value is -1.39. The third-order valence-electron chi connectivity index (χ3n) is 3.30. The van der Waals surface area contributed by atoms with Gasteiger partial charge in [0.05, 0.1) is 6.54 Å². The van der Waals surface area contributed by atoms with E-state index in [1.54, 1.807) is 11.8 Å². The van der Waals surface area contributed by atoms with Gasteiger partial charge >= 0.3 is 0 Å². The van der Waals surface area contributed by atoms with Crippen molar-refractivity contribution in [2.24, 2.45) is 0 Å². The molecule has 0 bridgehead atoms. The van der Waals surface area contributed by atoms with E-state index in [9.17, 15) is 0 Å². The minimum Gasteiger partial charge on any atom is -0.484 e. The summed E-state index contributed by atoms with van der Waals surface area (Å²) in [5.41, 5.74) is 0. The number of para-hydroxylation sites is 1. The molecule has 3 rings (SSSR count). The average Bonchev–Trinajstić information content (AvgIpc) is 3.21. The van der Waals surface area contributed by atoms with Crippen LogP contribution in [0, 0.1) is 0 Å². The van der Waals surface area contributed by atoms with Gasteiger partial charge in [-0.15, -0.1) is 11.8 Å². The molecule has 4 heteroatoms. The van der Waals surface area contributed by atoms with Crippen molar-refractivity contribution in [3.63, 3.8) is 0 Å². The molecule has 0 atom stereocenters. The van der Waals surface area contributed by atoms with Crippen LogP contribution in [0.2, 0.25) is 0 Å². The van der Waals surface area contributed by atoms with Crippen LogP contribution < -0.4 is 10.1 Å². The van der Waals surface area contributed by atoms with Crippen LogP contribution in [0.1, 0.15) is 24.4 Å². The van der Waals surface area contributed by atoms with Crippen LogP contribution >= 0.6 is 11.8 Å². The van der Waals surface area contributed by atoms with Gasteiger partial charge in [-0.1, -0.05) is 12.1 Å². The predicted molar refractivity (Wildman–Crippen MR) is 81.1 cm³/mol. The van der Waals surface area contributed by atoms with Gasteiger partial charge in [0.2, 0.25) is 0 Å². The maximum Gasteiger partial charge on any atom is 0.146 e. The third kappa shape index (κ3) is 3.58. The average molecular weight is 289 g/mol. The fourth-order valence-electron chi connectivity index (χ4n) is 2.01. The zero-order valence-corrected chi connectivity index (χ0v) is 12.4. The Labute approximate surface area is 123 Å². The second-order valence-electron chi connectivity index (χ2n) is 4.96. The van der Waals surface area contributed by atoms with Crippen LogP contribution in [-0.2, 0) is 13.2 Å². The number of furan rings is 1. The molecule has 1 N–H and O–H groups in total. The summed E-state index contributed by atoms with van der Waals surface area (Å²) >= 11 is 1.69. The van der Waals surface area contributed by atoms with Crippen molar-refractivity contribution in [1.29, 1.82) is 0 Å². The van der Waals surface area contributed by atoms with Crippen molar-refractivity contribution in [3.8, 4) is 5.75 Å². The summed E-state index contributed by atoms with van der Waals surface area (Å²) in [6, 6.07) is 12.8. The van der Waals surface area contributed by atoms with Crippen molar-refractivity contribution < 1.29 is 9.15 Å². The normalized spacial score (nSPS) is 14.4. The van der Waals surface area contributed by atoms with Crippen LogP contribution in [0.25, 0.3) is 0 Å². The number of rotatable bonds is 7. The third-order valence-corrected chi connectivity index (χ3v) is 4.08. The second kappa shape index (κ2) is 6.37. The topological polar surface area (TPSA) is 34.4 Å². The zero-order valence-electron chi connectivity index (χ0n) is 11.6. The van der Waals surface area contributed by atoms with E-state index in [1.807, 2.05) is 30.3 Å². The van der Waals surface area contributed by atoms with E-state index in [1.165, 1.54) is 12.8 Å². The van der Waals surface area contributed by atoms with Gasteiger partial charge in [0.1, 0.15) is 23.9 Å². The number of ether oxygens (including phenoxy) is 1. The summed E-state index contributed by atoms with van der Waals surface area (Å²) in [7, 11) is 0. The number of nitrogens with one attached hydrogen (secondary N) is 1. The first-order chi connectivity index (χ1) is 9.85. The molecule has 1 saturated carbocycles. The van der Waals surface area contributed by atoms with Gasteiger partial charge in [-0.2, -0.15) is 0 Å². The van der Waals surface area contributed by atoms with Crippen molar-refractivity contribution in [2.45, 2.75) is 36.9 Å². The number of thioether (sulfide) groups is 1. The molecule has 1 fully saturated rings. The van der Waals surface area contributed by atoms with E-state index in [0.717, 1.165) is 28.7 Å². The van der Waals surface area contributed by atoms with E-state index in [0.29, 0.717) is 12.6 Å². The molecule has 0 spiro atoms. The van der Waals surface area contributed by atoms with E-state index in [4.69, 9.17) is 9.15 Å². The van der Waals surface area contributed by atoms with Gasteiger partial charge in [-0.25, -0.2) is 0 Å². The highest BCUT2D eigenvalue weighted by atomic mass is 32.2. The number of benzene rings is 1. The lowest BCUT2D eigenvalue weighted by atomic mass is 10.3. The summed E-state index contributed by atoms with van der Waals surface area (Å²) in [6.45, 7) is 1.28. The Morgan fingerprint density at radius 2 is 2.00 bits per heavy atom. The molecule has 2 aromatic rings. The molecule has 1 aromatic heterocycles. The smallest absolute Gasteiger partial charge is 0.146 e. The highest BCUT2D eigenvalue weighted by Crippen LogP contribution is 2.27. The number of hydrogen-bond donors (Lipinski definition) is 1. The Balaban J connectivity index is 1.54. The predicted octanol–water partition coefficient (Wildman–Crippen LogP) is 3.83. The highest BCUT2D eigenvalue weighted by molar-refractivity contribution is 7.98. The first kappa shape index (κ1) is 13.6. The van der Waals surface area contributed by atoms with E-state index >= 15 is 0 Å². The molecule has 0 saturated heterocycles. The molecule has 0 amide bonds. The van der Waals surface area contributed by atoms with Crippen LogP contribution in [-0.4, -0.2) is 12.3 Å². The monoisotopic (exact) mass is 289 g/mol. The fourth-order valence-corrected chi connectivity index (χ4v) is 2.56. The van der Waals surface area contributed by atoms with Crippen molar-refractivity contribution in [3.05, 3.63) is 47.9 Å². The summed E-state index contributed by atoms with van der Waals surface area (Å²) < 4.78 is 11.6. The molecule has 0 unspecified atom stereocenters.